The van der Waals surface area contributed by atoms with Crippen molar-refractivity contribution in [2.45, 2.75) is 45.8 Å². The lowest BCUT2D eigenvalue weighted by molar-refractivity contribution is 0.552. The van der Waals surface area contributed by atoms with Gasteiger partial charge in [0.1, 0.15) is 0 Å². The molecule has 1 atom stereocenters. The van der Waals surface area contributed by atoms with Crippen LogP contribution in [-0.4, -0.2) is 15.8 Å². The van der Waals surface area contributed by atoms with Crippen LogP contribution in [-0.2, 0) is 13.1 Å². The number of nitrogens with zero attached hydrogens (tertiary/aromatic N) is 2. The summed E-state index contributed by atoms with van der Waals surface area (Å²) in [5.41, 5.74) is 1.25. The molecule has 3 heteroatoms. The lowest BCUT2D eigenvalue weighted by Gasteiger charge is -2.09. The van der Waals surface area contributed by atoms with Gasteiger partial charge in [0.05, 0.1) is 6.20 Å². The summed E-state index contributed by atoms with van der Waals surface area (Å²) in [6, 6.07) is 0.483. The third-order valence-electron chi connectivity index (χ3n) is 2.31. The number of rotatable bonds is 7. The lowest BCUT2D eigenvalue weighted by Crippen LogP contribution is -2.24. The Hall–Kier alpha value is -1.09. The van der Waals surface area contributed by atoms with Crippen molar-refractivity contribution in [3.8, 4) is 0 Å². The van der Waals surface area contributed by atoms with Crippen molar-refractivity contribution >= 4 is 0 Å². The Morgan fingerprint density at radius 1 is 1.67 bits per heavy atom. The van der Waals surface area contributed by atoms with Gasteiger partial charge in [0.2, 0.25) is 0 Å². The van der Waals surface area contributed by atoms with Crippen molar-refractivity contribution in [2.24, 2.45) is 0 Å². The molecule has 0 saturated heterocycles. The fourth-order valence-corrected chi connectivity index (χ4v) is 1.47. The Bertz CT molecular complexity index is 291. The van der Waals surface area contributed by atoms with Crippen molar-refractivity contribution in [3.05, 3.63) is 30.6 Å². The molecule has 0 radical (unpaired) electrons. The first kappa shape index (κ1) is 12.0. The van der Waals surface area contributed by atoms with Crippen LogP contribution in [0.5, 0.6) is 0 Å². The number of hydrogen-bond donors (Lipinski definition) is 1. The van der Waals surface area contributed by atoms with Crippen LogP contribution in [0.15, 0.2) is 25.0 Å². The van der Waals surface area contributed by atoms with Crippen LogP contribution in [0, 0.1) is 0 Å². The molecule has 0 fully saturated rings. The summed E-state index contributed by atoms with van der Waals surface area (Å²) in [5, 5.41) is 7.72. The minimum absolute atomic E-state index is 0.483. The topological polar surface area (TPSA) is 29.9 Å². The highest BCUT2D eigenvalue weighted by Gasteiger charge is 2.01. The molecule has 1 rings (SSSR count). The molecule has 1 N–H and O–H groups in total. The molecule has 3 nitrogen and oxygen atoms in total. The van der Waals surface area contributed by atoms with Crippen LogP contribution in [0.3, 0.4) is 0 Å². The van der Waals surface area contributed by atoms with E-state index in [1.54, 1.807) is 0 Å². The third-order valence-corrected chi connectivity index (χ3v) is 2.31. The Balaban J connectivity index is 2.33. The van der Waals surface area contributed by atoms with E-state index in [-0.39, 0.29) is 0 Å². The lowest BCUT2D eigenvalue weighted by atomic mass is 10.2. The van der Waals surface area contributed by atoms with Crippen LogP contribution in [0.1, 0.15) is 32.3 Å². The molecule has 1 aromatic heterocycles. The van der Waals surface area contributed by atoms with Crippen molar-refractivity contribution in [1.29, 1.82) is 0 Å². The first-order chi connectivity index (χ1) is 7.26. The average Bonchev–Trinajstić information content (AvgIpc) is 2.64. The standard InChI is InChI=1S/C12H21N3/c1-4-6-11(3)13-8-12-9-14-15(10-12)7-5-2/h4,9-11,13H,1,5-8H2,2-3H3. The van der Waals surface area contributed by atoms with Gasteiger partial charge >= 0.3 is 0 Å². The van der Waals surface area contributed by atoms with Gasteiger partial charge < -0.3 is 5.32 Å². The molecule has 0 amide bonds. The SMILES string of the molecule is C=CCC(C)NCc1cnn(CCC)c1. The first-order valence-corrected chi connectivity index (χ1v) is 5.61. The van der Waals surface area contributed by atoms with E-state index in [2.05, 4.69) is 37.0 Å². The molecule has 0 aromatic carbocycles. The van der Waals surface area contributed by atoms with Crippen molar-refractivity contribution in [2.75, 3.05) is 0 Å². The van der Waals surface area contributed by atoms with E-state index in [4.69, 9.17) is 0 Å². The van der Waals surface area contributed by atoms with Crippen LogP contribution in [0.2, 0.25) is 0 Å². The van der Waals surface area contributed by atoms with Crippen molar-refractivity contribution < 1.29 is 0 Å². The van der Waals surface area contributed by atoms with E-state index in [0.717, 1.165) is 25.9 Å². The number of hydrogen-bond acceptors (Lipinski definition) is 2. The average molecular weight is 207 g/mol. The largest absolute Gasteiger partial charge is 0.310 e. The Morgan fingerprint density at radius 3 is 3.13 bits per heavy atom. The second kappa shape index (κ2) is 6.40. The van der Waals surface area contributed by atoms with Gasteiger partial charge in [-0.15, -0.1) is 6.58 Å². The Labute approximate surface area is 92.2 Å². The smallest absolute Gasteiger partial charge is 0.0534 e. The molecular weight excluding hydrogens is 186 g/mol. The van der Waals surface area contributed by atoms with Crippen LogP contribution >= 0.6 is 0 Å². The minimum Gasteiger partial charge on any atom is -0.310 e. The van der Waals surface area contributed by atoms with Gasteiger partial charge in [-0.3, -0.25) is 4.68 Å². The molecule has 0 aliphatic rings. The van der Waals surface area contributed by atoms with Crippen LogP contribution in [0.25, 0.3) is 0 Å². The van der Waals surface area contributed by atoms with E-state index < -0.39 is 0 Å². The van der Waals surface area contributed by atoms with Gasteiger partial charge in [0.25, 0.3) is 0 Å². The summed E-state index contributed by atoms with van der Waals surface area (Å²) in [6.07, 6.45) is 8.11. The summed E-state index contributed by atoms with van der Waals surface area (Å²) in [5.74, 6) is 0. The third kappa shape index (κ3) is 4.30. The summed E-state index contributed by atoms with van der Waals surface area (Å²) < 4.78 is 2.00. The van der Waals surface area contributed by atoms with Gasteiger partial charge in [-0.1, -0.05) is 13.0 Å². The monoisotopic (exact) mass is 207 g/mol. The molecule has 1 heterocycles. The normalized spacial score (nSPS) is 12.7. The second-order valence-electron chi connectivity index (χ2n) is 3.92. The molecule has 0 spiro atoms. The van der Waals surface area contributed by atoms with Gasteiger partial charge in [-0.25, -0.2) is 0 Å². The van der Waals surface area contributed by atoms with Crippen molar-refractivity contribution in [1.82, 2.24) is 15.1 Å². The molecule has 84 valence electrons. The fourth-order valence-electron chi connectivity index (χ4n) is 1.47. The zero-order valence-electron chi connectivity index (χ0n) is 9.74. The summed E-state index contributed by atoms with van der Waals surface area (Å²) in [6.45, 7) is 9.94. The zero-order valence-corrected chi connectivity index (χ0v) is 9.74. The van der Waals surface area contributed by atoms with Gasteiger partial charge in [0.15, 0.2) is 0 Å². The number of aryl methyl sites for hydroxylation is 1. The molecule has 15 heavy (non-hydrogen) atoms. The molecule has 1 aromatic rings. The van der Waals surface area contributed by atoms with Crippen molar-refractivity contribution in [3.63, 3.8) is 0 Å². The summed E-state index contributed by atoms with van der Waals surface area (Å²) in [4.78, 5) is 0. The van der Waals surface area contributed by atoms with E-state index in [0.29, 0.717) is 6.04 Å². The highest BCUT2D eigenvalue weighted by atomic mass is 15.3. The molecule has 1 unspecified atom stereocenters. The predicted octanol–water partition coefficient (Wildman–Crippen LogP) is 2.35. The maximum atomic E-state index is 4.29. The van der Waals surface area contributed by atoms with E-state index in [9.17, 15) is 0 Å². The number of aromatic nitrogens is 2. The first-order valence-electron chi connectivity index (χ1n) is 5.61. The fraction of sp³-hybridized carbons (Fsp3) is 0.583. The Kier molecular flexibility index (Phi) is 5.12. The molecule has 0 bridgehead atoms. The van der Waals surface area contributed by atoms with Gasteiger partial charge in [-0.2, -0.15) is 5.10 Å². The molecular formula is C12H21N3. The second-order valence-corrected chi connectivity index (χ2v) is 3.92. The molecule has 0 aliphatic heterocycles. The maximum Gasteiger partial charge on any atom is 0.0534 e. The quantitative estimate of drug-likeness (QED) is 0.696. The van der Waals surface area contributed by atoms with E-state index in [1.165, 1.54) is 5.56 Å². The van der Waals surface area contributed by atoms with Gasteiger partial charge in [-0.05, 0) is 19.8 Å². The molecule has 0 aliphatic carbocycles. The molecule has 0 saturated carbocycles. The Morgan fingerprint density at radius 2 is 2.47 bits per heavy atom. The maximum absolute atomic E-state index is 4.29. The van der Waals surface area contributed by atoms with Gasteiger partial charge in [0, 0.05) is 30.9 Å². The van der Waals surface area contributed by atoms with E-state index >= 15 is 0 Å². The highest BCUT2D eigenvalue weighted by molar-refractivity contribution is 5.03. The minimum atomic E-state index is 0.483. The van der Waals surface area contributed by atoms with E-state index in [1.807, 2.05) is 17.0 Å². The summed E-state index contributed by atoms with van der Waals surface area (Å²) >= 11 is 0. The predicted molar refractivity (Wildman–Crippen MR) is 63.6 cm³/mol. The highest BCUT2D eigenvalue weighted by Crippen LogP contribution is 2.00. The summed E-state index contributed by atoms with van der Waals surface area (Å²) in [7, 11) is 0. The van der Waals surface area contributed by atoms with Crippen LogP contribution < -0.4 is 5.32 Å². The number of nitrogens with one attached hydrogen (secondary N) is 1. The zero-order chi connectivity index (χ0) is 11.1. The van der Waals surface area contributed by atoms with Crippen LogP contribution in [0.4, 0.5) is 0 Å².